The van der Waals surface area contributed by atoms with Crippen molar-refractivity contribution in [2.24, 2.45) is 5.92 Å². The highest BCUT2D eigenvalue weighted by Crippen LogP contribution is 2.19. The number of hydrogen-bond donors (Lipinski definition) is 1. The van der Waals surface area contributed by atoms with Gasteiger partial charge in [0.15, 0.2) is 0 Å². The number of rotatable bonds is 8. The SMILES string of the molecule is CCCNCC(CCC)Cc1cc(F)cc(Br)c1. The third-order valence-corrected chi connectivity index (χ3v) is 3.46. The van der Waals surface area contributed by atoms with Crippen LogP contribution in [0.4, 0.5) is 4.39 Å². The van der Waals surface area contributed by atoms with Gasteiger partial charge in [-0.1, -0.05) is 36.2 Å². The van der Waals surface area contributed by atoms with Gasteiger partial charge in [0.05, 0.1) is 0 Å². The van der Waals surface area contributed by atoms with E-state index in [9.17, 15) is 4.39 Å². The third-order valence-electron chi connectivity index (χ3n) is 3.00. The van der Waals surface area contributed by atoms with Crippen LogP contribution in [-0.4, -0.2) is 13.1 Å². The van der Waals surface area contributed by atoms with E-state index in [2.05, 4.69) is 35.1 Å². The Morgan fingerprint density at radius 2 is 2.00 bits per heavy atom. The van der Waals surface area contributed by atoms with Gasteiger partial charge in [0.25, 0.3) is 0 Å². The Labute approximate surface area is 118 Å². The van der Waals surface area contributed by atoms with Crippen molar-refractivity contribution >= 4 is 15.9 Å². The third kappa shape index (κ3) is 5.96. The summed E-state index contributed by atoms with van der Waals surface area (Å²) in [6, 6.07) is 5.17. The van der Waals surface area contributed by atoms with Crippen molar-refractivity contribution < 1.29 is 4.39 Å². The molecule has 1 N–H and O–H groups in total. The summed E-state index contributed by atoms with van der Waals surface area (Å²) in [5.41, 5.74) is 1.08. The lowest BCUT2D eigenvalue weighted by molar-refractivity contribution is 0.438. The summed E-state index contributed by atoms with van der Waals surface area (Å²) in [6.07, 6.45) is 4.46. The quantitative estimate of drug-likeness (QED) is 0.694. The van der Waals surface area contributed by atoms with Crippen LogP contribution >= 0.6 is 15.9 Å². The Morgan fingerprint density at radius 3 is 2.61 bits per heavy atom. The minimum Gasteiger partial charge on any atom is -0.316 e. The standard InChI is InChI=1S/C15H23BrFN/c1-3-5-12(11-18-6-4-2)7-13-8-14(16)10-15(17)9-13/h8-10,12,18H,3-7,11H2,1-2H3. The number of benzene rings is 1. The zero-order valence-corrected chi connectivity index (χ0v) is 12.9. The predicted molar refractivity (Wildman–Crippen MR) is 79.4 cm³/mol. The average molecular weight is 316 g/mol. The molecule has 1 unspecified atom stereocenters. The van der Waals surface area contributed by atoms with Crippen LogP contribution < -0.4 is 5.32 Å². The smallest absolute Gasteiger partial charge is 0.124 e. The summed E-state index contributed by atoms with van der Waals surface area (Å²) < 4.78 is 14.2. The van der Waals surface area contributed by atoms with Crippen molar-refractivity contribution in [1.82, 2.24) is 5.32 Å². The van der Waals surface area contributed by atoms with Gasteiger partial charge in [-0.05, 0) is 62.0 Å². The normalized spacial score (nSPS) is 12.7. The van der Waals surface area contributed by atoms with Crippen LogP contribution in [0.15, 0.2) is 22.7 Å². The molecular weight excluding hydrogens is 293 g/mol. The van der Waals surface area contributed by atoms with Crippen molar-refractivity contribution in [1.29, 1.82) is 0 Å². The molecule has 1 nitrogen and oxygen atoms in total. The molecule has 0 aliphatic heterocycles. The first-order valence-electron chi connectivity index (χ1n) is 6.81. The molecule has 1 atom stereocenters. The Balaban J connectivity index is 2.58. The first-order chi connectivity index (χ1) is 8.65. The molecule has 0 bridgehead atoms. The first kappa shape index (κ1) is 15.6. The monoisotopic (exact) mass is 315 g/mol. The Morgan fingerprint density at radius 1 is 1.22 bits per heavy atom. The molecule has 1 aromatic carbocycles. The predicted octanol–water partition coefficient (Wildman–Crippen LogP) is 4.55. The number of nitrogens with one attached hydrogen (secondary N) is 1. The van der Waals surface area contributed by atoms with Crippen LogP contribution in [-0.2, 0) is 6.42 Å². The molecule has 0 radical (unpaired) electrons. The molecule has 0 aliphatic rings. The second kappa shape index (κ2) is 8.65. The largest absolute Gasteiger partial charge is 0.316 e. The summed E-state index contributed by atoms with van der Waals surface area (Å²) in [4.78, 5) is 0. The van der Waals surface area contributed by atoms with E-state index in [1.807, 2.05) is 6.07 Å². The number of hydrogen-bond acceptors (Lipinski definition) is 1. The maximum absolute atomic E-state index is 13.3. The number of halogens is 2. The highest BCUT2D eigenvalue weighted by Gasteiger charge is 2.09. The molecule has 0 aromatic heterocycles. The van der Waals surface area contributed by atoms with Crippen molar-refractivity contribution in [3.63, 3.8) is 0 Å². The average Bonchev–Trinajstić information content (AvgIpc) is 2.28. The topological polar surface area (TPSA) is 12.0 Å². The molecule has 1 aromatic rings. The van der Waals surface area contributed by atoms with Crippen molar-refractivity contribution in [3.05, 3.63) is 34.1 Å². The second-order valence-electron chi connectivity index (χ2n) is 4.84. The molecule has 0 saturated carbocycles. The van der Waals surface area contributed by atoms with Gasteiger partial charge >= 0.3 is 0 Å². The Bertz CT molecular complexity index is 334. The van der Waals surface area contributed by atoms with Gasteiger partial charge in [-0.25, -0.2) is 4.39 Å². The Kier molecular flexibility index (Phi) is 7.52. The van der Waals surface area contributed by atoms with E-state index in [0.29, 0.717) is 5.92 Å². The molecule has 3 heteroatoms. The van der Waals surface area contributed by atoms with Crippen LogP contribution in [0.2, 0.25) is 0 Å². The van der Waals surface area contributed by atoms with Gasteiger partial charge in [0.2, 0.25) is 0 Å². The fourth-order valence-electron chi connectivity index (χ4n) is 2.23. The lowest BCUT2D eigenvalue weighted by Crippen LogP contribution is -2.25. The lowest BCUT2D eigenvalue weighted by Gasteiger charge is -2.17. The second-order valence-corrected chi connectivity index (χ2v) is 5.76. The highest BCUT2D eigenvalue weighted by atomic mass is 79.9. The fraction of sp³-hybridized carbons (Fsp3) is 0.600. The summed E-state index contributed by atoms with van der Waals surface area (Å²) in [5, 5.41) is 3.46. The first-order valence-corrected chi connectivity index (χ1v) is 7.60. The minimum absolute atomic E-state index is 0.156. The van der Waals surface area contributed by atoms with Crippen LogP contribution in [0.25, 0.3) is 0 Å². The van der Waals surface area contributed by atoms with E-state index in [-0.39, 0.29) is 5.82 Å². The zero-order chi connectivity index (χ0) is 13.4. The van der Waals surface area contributed by atoms with Crippen molar-refractivity contribution in [2.45, 2.75) is 39.5 Å². The zero-order valence-electron chi connectivity index (χ0n) is 11.3. The highest BCUT2D eigenvalue weighted by molar-refractivity contribution is 9.10. The molecule has 0 saturated heterocycles. The molecule has 102 valence electrons. The molecular formula is C15H23BrFN. The van der Waals surface area contributed by atoms with Gasteiger partial charge in [0.1, 0.15) is 5.82 Å². The van der Waals surface area contributed by atoms with Gasteiger partial charge < -0.3 is 5.32 Å². The van der Waals surface area contributed by atoms with Gasteiger partial charge in [-0.2, -0.15) is 0 Å². The molecule has 0 fully saturated rings. The maximum Gasteiger partial charge on any atom is 0.124 e. The summed E-state index contributed by atoms with van der Waals surface area (Å²) in [6.45, 7) is 6.46. The maximum atomic E-state index is 13.3. The van der Waals surface area contributed by atoms with E-state index in [4.69, 9.17) is 0 Å². The van der Waals surface area contributed by atoms with Crippen LogP contribution in [0.5, 0.6) is 0 Å². The van der Waals surface area contributed by atoms with E-state index >= 15 is 0 Å². The van der Waals surface area contributed by atoms with Crippen LogP contribution in [0.1, 0.15) is 38.7 Å². The summed E-state index contributed by atoms with van der Waals surface area (Å²) in [5.74, 6) is 0.436. The van der Waals surface area contributed by atoms with Crippen LogP contribution in [0.3, 0.4) is 0 Å². The molecule has 18 heavy (non-hydrogen) atoms. The summed E-state index contributed by atoms with van der Waals surface area (Å²) in [7, 11) is 0. The minimum atomic E-state index is -0.156. The van der Waals surface area contributed by atoms with Gasteiger partial charge in [0, 0.05) is 4.47 Å². The van der Waals surface area contributed by atoms with Crippen molar-refractivity contribution in [3.8, 4) is 0 Å². The summed E-state index contributed by atoms with van der Waals surface area (Å²) >= 11 is 3.35. The van der Waals surface area contributed by atoms with Gasteiger partial charge in [-0.3, -0.25) is 0 Å². The van der Waals surface area contributed by atoms with E-state index < -0.39 is 0 Å². The van der Waals surface area contributed by atoms with E-state index in [0.717, 1.165) is 36.0 Å². The van der Waals surface area contributed by atoms with Gasteiger partial charge in [-0.15, -0.1) is 0 Å². The Hall–Kier alpha value is -0.410. The van der Waals surface area contributed by atoms with Crippen LogP contribution in [0, 0.1) is 11.7 Å². The van der Waals surface area contributed by atoms with E-state index in [1.54, 1.807) is 6.07 Å². The van der Waals surface area contributed by atoms with Crippen molar-refractivity contribution in [2.75, 3.05) is 13.1 Å². The fourth-order valence-corrected chi connectivity index (χ4v) is 2.74. The molecule has 0 aliphatic carbocycles. The molecule has 0 amide bonds. The van der Waals surface area contributed by atoms with E-state index in [1.165, 1.54) is 18.9 Å². The molecule has 0 spiro atoms. The molecule has 1 rings (SSSR count). The lowest BCUT2D eigenvalue weighted by atomic mass is 9.95. The molecule has 0 heterocycles.